The molecule has 1 saturated heterocycles. The van der Waals surface area contributed by atoms with Gasteiger partial charge in [-0.3, -0.25) is 10.6 Å². The third-order valence-electron chi connectivity index (χ3n) is 0.929. The number of hydrogen-bond acceptors (Lipinski definition) is 4. The van der Waals surface area contributed by atoms with Crippen LogP contribution in [0.4, 0.5) is 0 Å². The Morgan fingerprint density at radius 3 is 2.12 bits per heavy atom. The molecule has 1 aliphatic rings. The van der Waals surface area contributed by atoms with Gasteiger partial charge in [0, 0.05) is 13.1 Å². The van der Waals surface area contributed by atoms with Crippen molar-refractivity contribution in [3.8, 4) is 0 Å². The third kappa shape index (κ3) is 1.85. The minimum Gasteiger partial charge on any atom is -0.281 e. The summed E-state index contributed by atoms with van der Waals surface area (Å²) in [6.07, 6.45) is -0.111. The van der Waals surface area contributed by atoms with E-state index >= 15 is 0 Å². The molecular weight excluding hydrogens is 172 g/mol. The van der Waals surface area contributed by atoms with E-state index in [1.165, 1.54) is 0 Å². The van der Waals surface area contributed by atoms with Crippen molar-refractivity contribution in [3.63, 3.8) is 0 Å². The second-order valence-electron chi connectivity index (χ2n) is 1.44. The van der Waals surface area contributed by atoms with Crippen molar-refractivity contribution in [2.45, 2.75) is 6.29 Å². The molecule has 0 aromatic heterocycles. The number of hydrogen-bond donors (Lipinski definition) is 3. The summed E-state index contributed by atoms with van der Waals surface area (Å²) in [7, 11) is 0. The van der Waals surface area contributed by atoms with Crippen LogP contribution in [0, 0.1) is 5.53 Å². The van der Waals surface area contributed by atoms with Crippen molar-refractivity contribution in [1.29, 1.82) is 5.53 Å². The van der Waals surface area contributed by atoms with E-state index in [1.807, 2.05) is 0 Å². The Morgan fingerprint density at radius 2 is 1.88 bits per heavy atom. The molecule has 3 N–H and O–H groups in total. The lowest BCUT2D eigenvalue weighted by Gasteiger charge is -1.97. The van der Waals surface area contributed by atoms with Crippen molar-refractivity contribution >= 4 is 17.0 Å². The topological polar surface area (TPSA) is 60.3 Å². The SMILES string of the molecule is Br.N=NC1NCCN1. The number of nitrogens with zero attached hydrogens (tertiary/aromatic N) is 1. The molecule has 48 valence electrons. The monoisotopic (exact) mass is 180 g/mol. The molecule has 0 aromatic rings. The van der Waals surface area contributed by atoms with E-state index in [0.29, 0.717) is 0 Å². The van der Waals surface area contributed by atoms with Crippen LogP contribution in [0.3, 0.4) is 0 Å². The Labute approximate surface area is 58.3 Å². The van der Waals surface area contributed by atoms with Crippen LogP contribution in [0.1, 0.15) is 0 Å². The largest absolute Gasteiger partial charge is 0.281 e. The second kappa shape index (κ2) is 3.94. The summed E-state index contributed by atoms with van der Waals surface area (Å²) in [6.45, 7) is 1.85. The van der Waals surface area contributed by atoms with E-state index < -0.39 is 0 Å². The van der Waals surface area contributed by atoms with E-state index in [4.69, 9.17) is 5.53 Å². The molecule has 1 aliphatic heterocycles. The highest BCUT2D eigenvalue weighted by Crippen LogP contribution is 1.82. The molecule has 1 heterocycles. The highest BCUT2D eigenvalue weighted by atomic mass is 79.9. The molecular formula is C3H9BrN4. The number of halogens is 1. The lowest BCUT2D eigenvalue weighted by molar-refractivity contribution is 0.541. The molecule has 0 bridgehead atoms. The van der Waals surface area contributed by atoms with Crippen LogP contribution in [0.25, 0.3) is 0 Å². The summed E-state index contributed by atoms with van der Waals surface area (Å²) in [5.41, 5.74) is 6.50. The van der Waals surface area contributed by atoms with E-state index in [0.717, 1.165) is 13.1 Å². The fourth-order valence-electron chi connectivity index (χ4n) is 0.581. The van der Waals surface area contributed by atoms with Crippen LogP contribution in [-0.4, -0.2) is 19.4 Å². The van der Waals surface area contributed by atoms with Gasteiger partial charge in [-0.1, -0.05) is 0 Å². The Morgan fingerprint density at radius 1 is 1.38 bits per heavy atom. The summed E-state index contributed by atoms with van der Waals surface area (Å²) >= 11 is 0. The molecule has 0 radical (unpaired) electrons. The van der Waals surface area contributed by atoms with Gasteiger partial charge in [0.2, 0.25) is 0 Å². The maximum atomic E-state index is 6.50. The molecule has 1 fully saturated rings. The first-order valence-electron chi connectivity index (χ1n) is 2.27. The van der Waals surface area contributed by atoms with Gasteiger partial charge in [-0.05, 0) is 0 Å². The average molecular weight is 181 g/mol. The molecule has 1 rings (SSSR count). The summed E-state index contributed by atoms with van der Waals surface area (Å²) in [5.74, 6) is 0. The normalized spacial score (nSPS) is 20.0. The molecule has 0 amide bonds. The van der Waals surface area contributed by atoms with Crippen molar-refractivity contribution in [2.75, 3.05) is 13.1 Å². The Balaban J connectivity index is 0.000000490. The van der Waals surface area contributed by atoms with Gasteiger partial charge in [0.05, 0.1) is 0 Å². The average Bonchev–Trinajstić information content (AvgIpc) is 2.14. The first-order valence-corrected chi connectivity index (χ1v) is 2.27. The van der Waals surface area contributed by atoms with Crippen molar-refractivity contribution in [3.05, 3.63) is 0 Å². The van der Waals surface area contributed by atoms with Gasteiger partial charge in [-0.2, -0.15) is 5.11 Å². The fraction of sp³-hybridized carbons (Fsp3) is 1.00. The maximum Gasteiger partial charge on any atom is 0.173 e. The lowest BCUT2D eigenvalue weighted by Crippen LogP contribution is -2.27. The molecule has 0 spiro atoms. The van der Waals surface area contributed by atoms with Crippen LogP contribution in [0.2, 0.25) is 0 Å². The third-order valence-corrected chi connectivity index (χ3v) is 0.929. The molecule has 5 heteroatoms. The Bertz CT molecular complexity index is 69.7. The second-order valence-corrected chi connectivity index (χ2v) is 1.44. The first-order chi connectivity index (χ1) is 3.43. The highest BCUT2D eigenvalue weighted by Gasteiger charge is 2.08. The molecule has 0 aliphatic carbocycles. The van der Waals surface area contributed by atoms with E-state index in [9.17, 15) is 0 Å². The van der Waals surface area contributed by atoms with Crippen LogP contribution < -0.4 is 10.6 Å². The van der Waals surface area contributed by atoms with E-state index in [-0.39, 0.29) is 23.3 Å². The Hall–Kier alpha value is -0.0000000000000000416. The van der Waals surface area contributed by atoms with E-state index in [2.05, 4.69) is 15.7 Å². The van der Waals surface area contributed by atoms with Crippen molar-refractivity contribution in [1.82, 2.24) is 10.6 Å². The van der Waals surface area contributed by atoms with E-state index in [1.54, 1.807) is 0 Å². The Kier molecular flexibility index (Phi) is 3.94. The molecule has 0 atom stereocenters. The zero-order valence-electron chi connectivity index (χ0n) is 4.35. The highest BCUT2D eigenvalue weighted by molar-refractivity contribution is 8.93. The van der Waals surface area contributed by atoms with Gasteiger partial charge in [0.1, 0.15) is 0 Å². The minimum absolute atomic E-state index is 0. The first kappa shape index (κ1) is 8.00. The van der Waals surface area contributed by atoms with Crippen LogP contribution in [0.5, 0.6) is 0 Å². The number of nitrogens with one attached hydrogen (secondary N) is 3. The standard InChI is InChI=1S/C3H8N4.BrH/c4-7-3-5-1-2-6-3;/h3-6H,1-2H2;1H. The van der Waals surface area contributed by atoms with Gasteiger partial charge in [0.25, 0.3) is 0 Å². The van der Waals surface area contributed by atoms with Crippen LogP contribution >= 0.6 is 17.0 Å². The summed E-state index contributed by atoms with van der Waals surface area (Å²) < 4.78 is 0. The smallest absolute Gasteiger partial charge is 0.173 e. The molecule has 4 nitrogen and oxygen atoms in total. The minimum atomic E-state index is -0.111. The van der Waals surface area contributed by atoms with Gasteiger partial charge < -0.3 is 0 Å². The van der Waals surface area contributed by atoms with Gasteiger partial charge in [-0.25, -0.2) is 5.53 Å². The quantitative estimate of drug-likeness (QED) is 0.501. The zero-order valence-corrected chi connectivity index (χ0v) is 6.06. The maximum absolute atomic E-state index is 6.50. The van der Waals surface area contributed by atoms with Crippen molar-refractivity contribution in [2.24, 2.45) is 5.11 Å². The van der Waals surface area contributed by atoms with Gasteiger partial charge in [-0.15, -0.1) is 17.0 Å². The summed E-state index contributed by atoms with van der Waals surface area (Å²) in [6, 6.07) is 0. The van der Waals surface area contributed by atoms with Crippen LogP contribution in [-0.2, 0) is 0 Å². The zero-order chi connectivity index (χ0) is 5.11. The van der Waals surface area contributed by atoms with Gasteiger partial charge in [0.15, 0.2) is 6.29 Å². The molecule has 8 heavy (non-hydrogen) atoms. The van der Waals surface area contributed by atoms with Crippen molar-refractivity contribution < 1.29 is 0 Å². The van der Waals surface area contributed by atoms with Gasteiger partial charge >= 0.3 is 0 Å². The lowest BCUT2D eigenvalue weighted by atomic mass is 10.7. The predicted octanol–water partition coefficient (Wildman–Crippen LogP) is 0.0717. The molecule has 0 aromatic carbocycles. The predicted molar refractivity (Wildman–Crippen MR) is 35.3 cm³/mol. The fourth-order valence-corrected chi connectivity index (χ4v) is 0.581. The molecule has 0 saturated carbocycles. The molecule has 0 unspecified atom stereocenters. The number of rotatable bonds is 1. The summed E-state index contributed by atoms with van der Waals surface area (Å²) in [4.78, 5) is 0. The summed E-state index contributed by atoms with van der Waals surface area (Å²) in [5, 5.41) is 9.10. The van der Waals surface area contributed by atoms with Crippen LogP contribution in [0.15, 0.2) is 5.11 Å².